The Bertz CT molecular complexity index is 466. The topological polar surface area (TPSA) is 47.3 Å². The largest absolute Gasteiger partial charge is 0.485 e. The lowest BCUT2D eigenvalue weighted by atomic mass is 10.1. The molecule has 2 aromatic rings. The van der Waals surface area contributed by atoms with Gasteiger partial charge in [0, 0.05) is 18.2 Å². The molecule has 0 atom stereocenters. The summed E-state index contributed by atoms with van der Waals surface area (Å²) < 4.78 is 10.8. The summed E-state index contributed by atoms with van der Waals surface area (Å²) in [5.74, 6) is 1.64. The summed E-state index contributed by atoms with van der Waals surface area (Å²) in [7, 11) is 1.92. The molecule has 4 heteroatoms. The first kappa shape index (κ1) is 11.7. The first-order valence-corrected chi connectivity index (χ1v) is 5.56. The molecule has 1 N–H and O–H groups in total. The standard InChI is InChI=1S/C13H16N2O2/c1-10-4-3-5-11(8-14-2)13(10)16-9-12-6-7-15-17-12/h3-7,14H,8-9H2,1-2H3. The van der Waals surface area contributed by atoms with Crippen molar-refractivity contribution in [2.75, 3.05) is 7.05 Å². The predicted octanol–water partition coefficient (Wildman–Crippen LogP) is 2.28. The van der Waals surface area contributed by atoms with Crippen LogP contribution in [-0.2, 0) is 13.2 Å². The Hall–Kier alpha value is -1.81. The Morgan fingerprint density at radius 3 is 2.94 bits per heavy atom. The summed E-state index contributed by atoms with van der Waals surface area (Å²) in [6.45, 7) is 3.23. The van der Waals surface area contributed by atoms with Gasteiger partial charge in [-0.3, -0.25) is 0 Å². The fourth-order valence-electron chi connectivity index (χ4n) is 1.71. The van der Waals surface area contributed by atoms with Crippen LogP contribution in [-0.4, -0.2) is 12.2 Å². The van der Waals surface area contributed by atoms with Crippen LogP contribution in [0.1, 0.15) is 16.9 Å². The monoisotopic (exact) mass is 232 g/mol. The zero-order chi connectivity index (χ0) is 12.1. The summed E-state index contributed by atoms with van der Waals surface area (Å²) in [6.07, 6.45) is 1.62. The average molecular weight is 232 g/mol. The van der Waals surface area contributed by atoms with Crippen LogP contribution >= 0.6 is 0 Å². The van der Waals surface area contributed by atoms with Crippen molar-refractivity contribution in [3.63, 3.8) is 0 Å². The number of hydrogen-bond acceptors (Lipinski definition) is 4. The van der Waals surface area contributed by atoms with Crippen molar-refractivity contribution in [1.82, 2.24) is 10.5 Å². The number of nitrogens with one attached hydrogen (secondary N) is 1. The fraction of sp³-hybridized carbons (Fsp3) is 0.308. The molecule has 90 valence electrons. The molecule has 0 unspecified atom stereocenters. The van der Waals surface area contributed by atoms with Crippen molar-refractivity contribution in [3.8, 4) is 5.75 Å². The molecule has 0 saturated carbocycles. The van der Waals surface area contributed by atoms with E-state index in [4.69, 9.17) is 9.26 Å². The SMILES string of the molecule is CNCc1cccc(C)c1OCc1ccno1. The second kappa shape index (κ2) is 5.50. The molecule has 1 aromatic carbocycles. The first-order valence-electron chi connectivity index (χ1n) is 5.56. The minimum atomic E-state index is 0.404. The fourth-order valence-corrected chi connectivity index (χ4v) is 1.71. The van der Waals surface area contributed by atoms with E-state index in [1.807, 2.05) is 26.1 Å². The third kappa shape index (κ3) is 2.85. The van der Waals surface area contributed by atoms with Crippen LogP contribution < -0.4 is 10.1 Å². The van der Waals surface area contributed by atoms with Gasteiger partial charge in [0.15, 0.2) is 5.76 Å². The van der Waals surface area contributed by atoms with Crippen molar-refractivity contribution in [2.45, 2.75) is 20.1 Å². The summed E-state index contributed by atoms with van der Waals surface area (Å²) in [5, 5.41) is 6.78. The lowest BCUT2D eigenvalue weighted by molar-refractivity contribution is 0.246. The van der Waals surface area contributed by atoms with E-state index in [1.54, 1.807) is 12.3 Å². The van der Waals surface area contributed by atoms with Gasteiger partial charge in [0.05, 0.1) is 6.20 Å². The van der Waals surface area contributed by atoms with E-state index in [9.17, 15) is 0 Å². The maximum Gasteiger partial charge on any atom is 0.174 e. The van der Waals surface area contributed by atoms with E-state index in [-0.39, 0.29) is 0 Å². The second-order valence-electron chi connectivity index (χ2n) is 3.86. The van der Waals surface area contributed by atoms with Gasteiger partial charge in [0.25, 0.3) is 0 Å². The summed E-state index contributed by atoms with van der Waals surface area (Å²) in [4.78, 5) is 0. The van der Waals surface area contributed by atoms with Gasteiger partial charge >= 0.3 is 0 Å². The van der Waals surface area contributed by atoms with Crippen molar-refractivity contribution < 1.29 is 9.26 Å². The van der Waals surface area contributed by atoms with Crippen LogP contribution in [0.2, 0.25) is 0 Å². The van der Waals surface area contributed by atoms with E-state index in [1.165, 1.54) is 0 Å². The highest BCUT2D eigenvalue weighted by Gasteiger charge is 2.07. The number of para-hydroxylation sites is 1. The molecule has 0 aliphatic carbocycles. The third-order valence-corrected chi connectivity index (χ3v) is 2.51. The first-order chi connectivity index (χ1) is 8.31. The van der Waals surface area contributed by atoms with Crippen LogP contribution in [0.4, 0.5) is 0 Å². The highest BCUT2D eigenvalue weighted by molar-refractivity contribution is 5.40. The minimum Gasteiger partial charge on any atom is -0.485 e. The van der Waals surface area contributed by atoms with Crippen LogP contribution in [0.25, 0.3) is 0 Å². The zero-order valence-corrected chi connectivity index (χ0v) is 10.1. The Balaban J connectivity index is 2.13. The smallest absolute Gasteiger partial charge is 0.174 e. The Morgan fingerprint density at radius 2 is 2.24 bits per heavy atom. The minimum absolute atomic E-state index is 0.404. The van der Waals surface area contributed by atoms with E-state index in [0.717, 1.165) is 29.2 Å². The van der Waals surface area contributed by atoms with E-state index < -0.39 is 0 Å². The quantitative estimate of drug-likeness (QED) is 0.859. The molecule has 2 rings (SSSR count). The lowest BCUT2D eigenvalue weighted by Crippen LogP contribution is -2.08. The summed E-state index contributed by atoms with van der Waals surface area (Å²) >= 11 is 0. The Kier molecular flexibility index (Phi) is 3.77. The maximum atomic E-state index is 5.79. The molecular weight excluding hydrogens is 216 g/mol. The highest BCUT2D eigenvalue weighted by Crippen LogP contribution is 2.24. The van der Waals surface area contributed by atoms with Gasteiger partial charge < -0.3 is 14.6 Å². The number of rotatable bonds is 5. The molecule has 0 amide bonds. The van der Waals surface area contributed by atoms with Crippen LogP contribution in [0.3, 0.4) is 0 Å². The average Bonchev–Trinajstić information content (AvgIpc) is 2.82. The molecule has 0 aliphatic rings. The van der Waals surface area contributed by atoms with Crippen LogP contribution in [0.15, 0.2) is 35.0 Å². The second-order valence-corrected chi connectivity index (χ2v) is 3.86. The van der Waals surface area contributed by atoms with Gasteiger partial charge in [-0.2, -0.15) is 0 Å². The van der Waals surface area contributed by atoms with Gasteiger partial charge in [-0.25, -0.2) is 0 Å². The van der Waals surface area contributed by atoms with Gasteiger partial charge in [0.1, 0.15) is 12.4 Å². The Morgan fingerprint density at radius 1 is 1.35 bits per heavy atom. The summed E-state index contributed by atoms with van der Waals surface area (Å²) in [6, 6.07) is 7.92. The van der Waals surface area contributed by atoms with Crippen molar-refractivity contribution >= 4 is 0 Å². The van der Waals surface area contributed by atoms with E-state index in [0.29, 0.717) is 6.61 Å². The molecule has 1 aromatic heterocycles. The molecule has 17 heavy (non-hydrogen) atoms. The molecule has 0 fully saturated rings. The normalized spacial score (nSPS) is 10.5. The number of hydrogen-bond donors (Lipinski definition) is 1. The Labute approximate surface area is 101 Å². The third-order valence-electron chi connectivity index (χ3n) is 2.51. The summed E-state index contributed by atoms with van der Waals surface area (Å²) in [5.41, 5.74) is 2.27. The van der Waals surface area contributed by atoms with E-state index in [2.05, 4.69) is 16.5 Å². The van der Waals surface area contributed by atoms with Crippen molar-refractivity contribution in [1.29, 1.82) is 0 Å². The van der Waals surface area contributed by atoms with Crippen molar-refractivity contribution in [2.24, 2.45) is 0 Å². The van der Waals surface area contributed by atoms with Gasteiger partial charge in [-0.05, 0) is 19.5 Å². The van der Waals surface area contributed by atoms with Gasteiger partial charge in [0.2, 0.25) is 0 Å². The predicted molar refractivity (Wildman–Crippen MR) is 64.8 cm³/mol. The van der Waals surface area contributed by atoms with Crippen LogP contribution in [0, 0.1) is 6.92 Å². The van der Waals surface area contributed by atoms with E-state index >= 15 is 0 Å². The van der Waals surface area contributed by atoms with Gasteiger partial charge in [-0.1, -0.05) is 23.4 Å². The molecule has 1 heterocycles. The molecule has 0 aliphatic heterocycles. The molecule has 0 bridgehead atoms. The lowest BCUT2D eigenvalue weighted by Gasteiger charge is -2.12. The number of aryl methyl sites for hydroxylation is 1. The van der Waals surface area contributed by atoms with Gasteiger partial charge in [-0.15, -0.1) is 0 Å². The number of ether oxygens (including phenoxy) is 1. The molecule has 0 radical (unpaired) electrons. The zero-order valence-electron chi connectivity index (χ0n) is 10.1. The number of benzene rings is 1. The molecule has 0 saturated heterocycles. The maximum absolute atomic E-state index is 5.79. The molecular formula is C13H16N2O2. The molecule has 0 spiro atoms. The number of aromatic nitrogens is 1. The highest BCUT2D eigenvalue weighted by atomic mass is 16.5. The van der Waals surface area contributed by atoms with Crippen LogP contribution in [0.5, 0.6) is 5.75 Å². The number of nitrogens with zero attached hydrogens (tertiary/aromatic N) is 1. The molecule has 4 nitrogen and oxygen atoms in total. The van der Waals surface area contributed by atoms with Crippen molar-refractivity contribution in [3.05, 3.63) is 47.3 Å².